The van der Waals surface area contributed by atoms with Crippen LogP contribution in [0.2, 0.25) is 0 Å². The average Bonchev–Trinajstić information content (AvgIpc) is 3.52. The fourth-order valence-electron chi connectivity index (χ4n) is 6.16. The van der Waals surface area contributed by atoms with Crippen LogP contribution in [0.4, 0.5) is 4.39 Å². The normalized spacial score (nSPS) is 22.3. The van der Waals surface area contributed by atoms with E-state index in [2.05, 4.69) is 20.4 Å². The number of aryl methyl sites for hydroxylation is 2. The van der Waals surface area contributed by atoms with Crippen LogP contribution in [0.25, 0.3) is 22.0 Å². The number of hydrogen-bond acceptors (Lipinski definition) is 7. The fraction of sp³-hybridized carbons (Fsp3) is 0.516. The molecule has 5 rings (SSSR count). The zero-order valence-electron chi connectivity index (χ0n) is 24.4. The minimum Gasteiger partial charge on any atom is -0.357 e. The molecule has 4 heterocycles. The number of hydrogen-bond donors (Lipinski definition) is 1. The van der Waals surface area contributed by atoms with Gasteiger partial charge in [-0.3, -0.25) is 23.9 Å². The summed E-state index contributed by atoms with van der Waals surface area (Å²) in [4.78, 5) is 61.7. The molecular weight excluding hydrogens is 539 g/mol. The molecule has 0 unspecified atom stereocenters. The molecule has 42 heavy (non-hydrogen) atoms. The Labute approximate surface area is 244 Å². The van der Waals surface area contributed by atoms with Gasteiger partial charge in [-0.15, -0.1) is 0 Å². The van der Waals surface area contributed by atoms with E-state index < -0.39 is 23.5 Å². The van der Waals surface area contributed by atoms with Crippen LogP contribution in [-0.4, -0.2) is 73.3 Å². The number of rotatable bonds is 3. The van der Waals surface area contributed by atoms with Gasteiger partial charge in [-0.2, -0.15) is 5.10 Å². The van der Waals surface area contributed by atoms with Crippen molar-refractivity contribution in [2.45, 2.75) is 89.9 Å². The molecule has 1 saturated heterocycles. The van der Waals surface area contributed by atoms with E-state index in [0.29, 0.717) is 29.6 Å². The highest BCUT2D eigenvalue weighted by molar-refractivity contribution is 6.07. The Morgan fingerprint density at radius 2 is 1.74 bits per heavy atom. The van der Waals surface area contributed by atoms with Crippen molar-refractivity contribution in [2.24, 2.45) is 0 Å². The van der Waals surface area contributed by atoms with Crippen molar-refractivity contribution in [3.05, 3.63) is 41.6 Å². The zero-order valence-corrected chi connectivity index (χ0v) is 24.4. The summed E-state index contributed by atoms with van der Waals surface area (Å²) in [5.41, 5.74) is 1.62. The van der Waals surface area contributed by atoms with Gasteiger partial charge in [0.2, 0.25) is 11.8 Å². The van der Waals surface area contributed by atoms with E-state index in [4.69, 9.17) is 0 Å². The predicted octanol–water partition coefficient (Wildman–Crippen LogP) is 3.92. The molecule has 2 amide bonds. The second kappa shape index (κ2) is 12.1. The molecule has 0 saturated carbocycles. The molecule has 2 atom stereocenters. The van der Waals surface area contributed by atoms with E-state index in [9.17, 15) is 19.2 Å². The van der Waals surface area contributed by atoms with E-state index in [1.807, 2.05) is 19.1 Å². The number of ketones is 2. The SMILES string of the molecule is CNC(=O)[C@@H]1C[C@]2(F)CCC(=O)CCCCCCc3cc(-c4cnc(C)nc4)cc4c(C(C)=O)nn(c34)CC(=O)N1C2. The maximum atomic E-state index is 16.0. The first kappa shape index (κ1) is 29.5. The molecule has 1 fully saturated rings. The summed E-state index contributed by atoms with van der Waals surface area (Å²) in [7, 11) is 1.45. The van der Waals surface area contributed by atoms with Crippen LogP contribution >= 0.6 is 0 Å². The predicted molar refractivity (Wildman–Crippen MR) is 155 cm³/mol. The van der Waals surface area contributed by atoms with Crippen molar-refractivity contribution < 1.29 is 23.6 Å². The Morgan fingerprint density at radius 3 is 2.43 bits per heavy atom. The Hall–Kier alpha value is -4.02. The van der Waals surface area contributed by atoms with Gasteiger partial charge in [0.05, 0.1) is 12.1 Å². The number of alkyl halides is 1. The molecular formula is C31H37FN6O4. The summed E-state index contributed by atoms with van der Waals surface area (Å²) in [6.07, 6.45) is 7.74. The highest BCUT2D eigenvalue weighted by atomic mass is 19.1. The van der Waals surface area contributed by atoms with Crippen LogP contribution in [0.1, 0.15) is 80.2 Å². The quantitative estimate of drug-likeness (QED) is 0.468. The number of carbonyl (C=O) groups is 4. The molecule has 222 valence electrons. The van der Waals surface area contributed by atoms with Crippen LogP contribution in [0.3, 0.4) is 0 Å². The first-order chi connectivity index (χ1) is 20.1. The Morgan fingerprint density at radius 1 is 1.02 bits per heavy atom. The molecule has 2 bridgehead atoms. The molecule has 2 aliphatic heterocycles. The third kappa shape index (κ3) is 6.10. The molecule has 0 spiro atoms. The number of carbonyl (C=O) groups excluding carboxylic acids is 4. The zero-order chi connectivity index (χ0) is 30.0. The minimum atomic E-state index is -1.84. The van der Waals surface area contributed by atoms with Crippen molar-refractivity contribution in [3.8, 4) is 11.1 Å². The van der Waals surface area contributed by atoms with Gasteiger partial charge in [-0.25, -0.2) is 14.4 Å². The molecule has 2 aromatic heterocycles. The van der Waals surface area contributed by atoms with Gasteiger partial charge in [0.25, 0.3) is 0 Å². The second-order valence-corrected chi connectivity index (χ2v) is 11.6. The van der Waals surface area contributed by atoms with E-state index in [1.165, 1.54) is 23.6 Å². The van der Waals surface area contributed by atoms with Crippen LogP contribution in [0.15, 0.2) is 24.5 Å². The Kier molecular flexibility index (Phi) is 8.47. The van der Waals surface area contributed by atoms with Gasteiger partial charge in [0.1, 0.15) is 35.6 Å². The monoisotopic (exact) mass is 576 g/mol. The smallest absolute Gasteiger partial charge is 0.245 e. The number of halogens is 1. The average molecular weight is 577 g/mol. The lowest BCUT2D eigenvalue weighted by Crippen LogP contribution is -2.46. The maximum absolute atomic E-state index is 16.0. The Balaban J connectivity index is 1.61. The Bertz CT molecular complexity index is 1530. The minimum absolute atomic E-state index is 0.00392. The van der Waals surface area contributed by atoms with Crippen LogP contribution in [0, 0.1) is 6.92 Å². The fourth-order valence-corrected chi connectivity index (χ4v) is 6.16. The second-order valence-electron chi connectivity index (χ2n) is 11.6. The highest BCUT2D eigenvalue weighted by Crippen LogP contribution is 2.36. The van der Waals surface area contributed by atoms with Crippen molar-refractivity contribution in [1.29, 1.82) is 0 Å². The van der Waals surface area contributed by atoms with E-state index >= 15 is 4.39 Å². The number of likely N-dealkylation sites (N-methyl/N-ethyl adjacent to an activating group) is 1. The number of benzene rings is 1. The van der Waals surface area contributed by atoms with Crippen molar-refractivity contribution in [3.63, 3.8) is 0 Å². The summed E-state index contributed by atoms with van der Waals surface area (Å²) in [6.45, 7) is 2.71. The molecule has 3 aromatic rings. The van der Waals surface area contributed by atoms with Gasteiger partial charge >= 0.3 is 0 Å². The maximum Gasteiger partial charge on any atom is 0.245 e. The van der Waals surface area contributed by atoms with Crippen molar-refractivity contribution in [2.75, 3.05) is 13.6 Å². The summed E-state index contributed by atoms with van der Waals surface area (Å²) >= 11 is 0. The van der Waals surface area contributed by atoms with Crippen molar-refractivity contribution in [1.82, 2.24) is 30.0 Å². The van der Waals surface area contributed by atoms with E-state index in [1.54, 1.807) is 12.4 Å². The van der Waals surface area contributed by atoms with Gasteiger partial charge in [-0.1, -0.05) is 12.8 Å². The standard InChI is InChI=1S/C31H37FN6O4/c1-19(39)28-25-13-22(23-15-34-20(2)35-16-23)12-21-8-6-4-5-7-9-24(40)10-11-31(32)14-26(30(42)33-3)37(18-31)27(41)17-38(36-28)29(21)25/h12-13,15-16,26H,4-11,14,17-18H2,1-3H3,(H,33,42)/t26-,31+/m0/s1. The van der Waals surface area contributed by atoms with E-state index in [0.717, 1.165) is 42.4 Å². The third-order valence-electron chi connectivity index (χ3n) is 8.42. The first-order valence-corrected chi connectivity index (χ1v) is 14.6. The van der Waals surface area contributed by atoms with Gasteiger partial charge in [0.15, 0.2) is 5.78 Å². The lowest BCUT2D eigenvalue weighted by atomic mass is 9.93. The van der Waals surface area contributed by atoms with Crippen LogP contribution in [-0.2, 0) is 27.3 Å². The summed E-state index contributed by atoms with van der Waals surface area (Å²) in [5.74, 6) is -0.519. The summed E-state index contributed by atoms with van der Waals surface area (Å²) in [5, 5.41) is 7.75. The highest BCUT2D eigenvalue weighted by Gasteiger charge is 2.49. The summed E-state index contributed by atoms with van der Waals surface area (Å²) < 4.78 is 17.5. The topological polar surface area (TPSA) is 127 Å². The largest absolute Gasteiger partial charge is 0.357 e. The molecule has 2 aliphatic rings. The number of aromatic nitrogens is 4. The van der Waals surface area contributed by atoms with Crippen LogP contribution < -0.4 is 5.32 Å². The van der Waals surface area contributed by atoms with Gasteiger partial charge in [-0.05, 0) is 55.9 Å². The number of amides is 2. The molecule has 10 nitrogen and oxygen atoms in total. The lowest BCUT2D eigenvalue weighted by molar-refractivity contribution is -0.138. The lowest BCUT2D eigenvalue weighted by Gasteiger charge is -2.24. The van der Waals surface area contributed by atoms with E-state index in [-0.39, 0.29) is 49.6 Å². The molecule has 0 aliphatic carbocycles. The van der Waals surface area contributed by atoms with Gasteiger partial charge < -0.3 is 10.2 Å². The van der Waals surface area contributed by atoms with Crippen molar-refractivity contribution >= 4 is 34.3 Å². The number of nitrogens with one attached hydrogen (secondary N) is 1. The first-order valence-electron chi connectivity index (χ1n) is 14.6. The molecule has 0 radical (unpaired) electrons. The van der Waals surface area contributed by atoms with Crippen LogP contribution in [0.5, 0.6) is 0 Å². The number of Topliss-reactive ketones (excluding diaryl/α,β-unsaturated/α-hetero) is 2. The number of nitrogens with zero attached hydrogens (tertiary/aromatic N) is 5. The third-order valence-corrected chi connectivity index (χ3v) is 8.42. The molecule has 11 heteroatoms. The molecule has 1 N–H and O–H groups in total. The summed E-state index contributed by atoms with van der Waals surface area (Å²) in [6, 6.07) is 2.90. The van der Waals surface area contributed by atoms with Gasteiger partial charge in [0, 0.05) is 56.6 Å². The molecule has 1 aromatic carbocycles. The number of fused-ring (bicyclic) bond motifs is 2.